The molecule has 0 bridgehead atoms. The third kappa shape index (κ3) is 5.49. The van der Waals surface area contributed by atoms with Gasteiger partial charge in [0.15, 0.2) is 11.5 Å². The summed E-state index contributed by atoms with van der Waals surface area (Å²) < 4.78 is 11.2. The zero-order chi connectivity index (χ0) is 20.8. The fourth-order valence-corrected chi connectivity index (χ4v) is 4.56. The third-order valence-corrected chi connectivity index (χ3v) is 6.35. The van der Waals surface area contributed by atoms with Crippen molar-refractivity contribution in [2.24, 2.45) is 5.92 Å². The number of aromatic nitrogens is 1. The largest absolute Gasteiger partial charge is 0.376 e. The molecule has 6 nitrogen and oxygen atoms in total. The second-order valence-corrected chi connectivity index (χ2v) is 8.57. The second-order valence-electron chi connectivity index (χ2n) is 8.57. The lowest BCUT2D eigenvalue weighted by molar-refractivity contribution is 0.0531. The number of amides is 1. The van der Waals surface area contributed by atoms with E-state index in [1.54, 1.807) is 0 Å². The van der Waals surface area contributed by atoms with E-state index in [0.717, 1.165) is 57.2 Å². The Bertz CT molecular complexity index is 793. The van der Waals surface area contributed by atoms with E-state index in [1.807, 2.05) is 17.9 Å². The Morgan fingerprint density at radius 1 is 1.20 bits per heavy atom. The zero-order valence-corrected chi connectivity index (χ0v) is 18.0. The molecule has 0 saturated carbocycles. The average Bonchev–Trinajstić information content (AvgIpc) is 3.46. The first kappa shape index (κ1) is 21.1. The number of benzene rings is 1. The van der Waals surface area contributed by atoms with Gasteiger partial charge in [-0.15, -0.1) is 0 Å². The first-order chi connectivity index (χ1) is 14.7. The van der Waals surface area contributed by atoms with Crippen LogP contribution in [0.15, 0.2) is 40.9 Å². The zero-order valence-electron chi connectivity index (χ0n) is 18.0. The van der Waals surface area contributed by atoms with E-state index in [2.05, 4.69) is 40.4 Å². The maximum Gasteiger partial charge on any atom is 0.276 e. The monoisotopic (exact) mass is 411 g/mol. The van der Waals surface area contributed by atoms with E-state index in [0.29, 0.717) is 18.8 Å². The van der Waals surface area contributed by atoms with Crippen molar-refractivity contribution in [1.29, 1.82) is 0 Å². The number of carbonyl (C=O) groups excluding carboxylic acids is 1. The summed E-state index contributed by atoms with van der Waals surface area (Å²) in [4.78, 5) is 17.0. The summed E-state index contributed by atoms with van der Waals surface area (Å²) in [5.41, 5.74) is 1.83. The first-order valence-corrected chi connectivity index (χ1v) is 11.3. The normalized spacial score (nSPS) is 20.5. The van der Waals surface area contributed by atoms with Crippen LogP contribution in [0.5, 0.6) is 0 Å². The predicted octanol–water partition coefficient (Wildman–Crippen LogP) is 3.77. The lowest BCUT2D eigenvalue weighted by atomic mass is 9.90. The lowest BCUT2D eigenvalue weighted by Crippen LogP contribution is -2.37. The number of carbonyl (C=O) groups is 1. The number of likely N-dealkylation sites (tertiary alicyclic amines) is 1. The van der Waals surface area contributed by atoms with Gasteiger partial charge in [0, 0.05) is 25.8 Å². The number of rotatable bonds is 8. The molecule has 0 N–H and O–H groups in total. The summed E-state index contributed by atoms with van der Waals surface area (Å²) in [6, 6.07) is 12.6. The predicted molar refractivity (Wildman–Crippen MR) is 115 cm³/mol. The van der Waals surface area contributed by atoms with E-state index < -0.39 is 0 Å². The maximum atomic E-state index is 12.8. The first-order valence-electron chi connectivity index (χ1n) is 11.3. The van der Waals surface area contributed by atoms with Gasteiger partial charge in [0.25, 0.3) is 5.91 Å². The molecule has 0 aliphatic carbocycles. The molecule has 1 aromatic carbocycles. The van der Waals surface area contributed by atoms with Crippen molar-refractivity contribution in [1.82, 2.24) is 15.0 Å². The molecule has 30 heavy (non-hydrogen) atoms. The number of hydrogen-bond acceptors (Lipinski definition) is 5. The van der Waals surface area contributed by atoms with Crippen LogP contribution in [-0.2, 0) is 17.7 Å². The van der Waals surface area contributed by atoms with Crippen LogP contribution in [0.1, 0.15) is 54.4 Å². The highest BCUT2D eigenvalue weighted by atomic mass is 16.5. The summed E-state index contributed by atoms with van der Waals surface area (Å²) in [7, 11) is 0. The summed E-state index contributed by atoms with van der Waals surface area (Å²) in [5.74, 6) is 1.45. The molecule has 0 unspecified atom stereocenters. The molecule has 1 amide bonds. The van der Waals surface area contributed by atoms with Gasteiger partial charge in [-0.3, -0.25) is 9.69 Å². The highest BCUT2D eigenvalue weighted by Crippen LogP contribution is 2.23. The topological polar surface area (TPSA) is 58.8 Å². The summed E-state index contributed by atoms with van der Waals surface area (Å²) in [5, 5.41) is 4.06. The Labute approximate surface area is 179 Å². The molecule has 4 rings (SSSR count). The minimum atomic E-state index is -0.0652. The highest BCUT2D eigenvalue weighted by Gasteiger charge is 2.25. The molecule has 1 aromatic heterocycles. The summed E-state index contributed by atoms with van der Waals surface area (Å²) in [6.07, 6.45) is 5.80. The third-order valence-electron chi connectivity index (χ3n) is 6.35. The van der Waals surface area contributed by atoms with Gasteiger partial charge in [0.2, 0.25) is 0 Å². The van der Waals surface area contributed by atoms with Crippen LogP contribution >= 0.6 is 0 Å². The molecule has 3 heterocycles. The molecule has 162 valence electrons. The van der Waals surface area contributed by atoms with E-state index in [-0.39, 0.29) is 12.0 Å². The Hall–Kier alpha value is -2.18. The Balaban J connectivity index is 1.25. The standard InChI is InChI=1S/C24H33N3O3/c1-2-27(18-21-9-6-14-29-21)24(28)23-16-22(30-25-23)17-26-12-10-20(11-13-26)15-19-7-4-3-5-8-19/h3-5,7-8,16,20-21H,2,6,9-15,17-18H2,1H3/t21-/m1/s1. The van der Waals surface area contributed by atoms with Crippen LogP contribution in [0.2, 0.25) is 0 Å². The van der Waals surface area contributed by atoms with Gasteiger partial charge in [0.1, 0.15) is 0 Å². The fraction of sp³-hybridized carbons (Fsp3) is 0.583. The molecule has 0 spiro atoms. The van der Waals surface area contributed by atoms with Gasteiger partial charge in [-0.05, 0) is 63.6 Å². The van der Waals surface area contributed by atoms with Gasteiger partial charge < -0.3 is 14.2 Å². The van der Waals surface area contributed by atoms with Crippen LogP contribution in [0.3, 0.4) is 0 Å². The SMILES string of the molecule is CCN(C[C@H]1CCCO1)C(=O)c1cc(CN2CCC(Cc3ccccc3)CC2)on1. The van der Waals surface area contributed by atoms with E-state index in [9.17, 15) is 4.79 Å². The molecular weight excluding hydrogens is 378 g/mol. The molecule has 2 saturated heterocycles. The van der Waals surface area contributed by atoms with E-state index >= 15 is 0 Å². The van der Waals surface area contributed by atoms with Crippen LogP contribution < -0.4 is 0 Å². The van der Waals surface area contributed by atoms with Crippen molar-refractivity contribution in [2.75, 3.05) is 32.8 Å². The quantitative estimate of drug-likeness (QED) is 0.662. The smallest absolute Gasteiger partial charge is 0.276 e. The number of piperidine rings is 1. The molecule has 2 fully saturated rings. The number of likely N-dealkylation sites (N-methyl/N-ethyl adjacent to an activating group) is 1. The lowest BCUT2D eigenvalue weighted by Gasteiger charge is -2.31. The van der Waals surface area contributed by atoms with Gasteiger partial charge in [-0.1, -0.05) is 35.5 Å². The molecule has 1 atom stereocenters. The Morgan fingerprint density at radius 3 is 2.70 bits per heavy atom. The van der Waals surface area contributed by atoms with Crippen molar-refractivity contribution in [3.8, 4) is 0 Å². The summed E-state index contributed by atoms with van der Waals surface area (Å²) in [6.45, 7) is 6.90. The molecule has 6 heteroatoms. The van der Waals surface area contributed by atoms with Gasteiger partial charge in [-0.25, -0.2) is 0 Å². The molecule has 0 radical (unpaired) electrons. The Morgan fingerprint density at radius 2 is 2.00 bits per heavy atom. The van der Waals surface area contributed by atoms with Crippen LogP contribution in [0.4, 0.5) is 0 Å². The minimum Gasteiger partial charge on any atom is -0.376 e. The van der Waals surface area contributed by atoms with Crippen LogP contribution in [0, 0.1) is 5.92 Å². The number of nitrogens with zero attached hydrogens (tertiary/aromatic N) is 3. The van der Waals surface area contributed by atoms with Crippen LogP contribution in [0.25, 0.3) is 0 Å². The summed E-state index contributed by atoms with van der Waals surface area (Å²) >= 11 is 0. The second kappa shape index (κ2) is 10.2. The van der Waals surface area contributed by atoms with Crippen molar-refractivity contribution in [2.45, 2.75) is 51.7 Å². The van der Waals surface area contributed by atoms with E-state index in [4.69, 9.17) is 9.26 Å². The van der Waals surface area contributed by atoms with Gasteiger partial charge >= 0.3 is 0 Å². The van der Waals surface area contributed by atoms with Crippen molar-refractivity contribution < 1.29 is 14.1 Å². The Kier molecular flexibility index (Phi) is 7.18. The fourth-order valence-electron chi connectivity index (χ4n) is 4.56. The number of ether oxygens (including phenoxy) is 1. The molecule has 2 aromatic rings. The van der Waals surface area contributed by atoms with E-state index in [1.165, 1.54) is 18.4 Å². The maximum absolute atomic E-state index is 12.8. The molecular formula is C24H33N3O3. The minimum absolute atomic E-state index is 0.0652. The average molecular weight is 412 g/mol. The molecule has 2 aliphatic heterocycles. The number of hydrogen-bond donors (Lipinski definition) is 0. The molecule has 2 aliphatic rings. The van der Waals surface area contributed by atoms with Gasteiger partial charge in [-0.2, -0.15) is 0 Å². The van der Waals surface area contributed by atoms with Crippen molar-refractivity contribution in [3.05, 3.63) is 53.4 Å². The van der Waals surface area contributed by atoms with Crippen molar-refractivity contribution >= 4 is 5.91 Å². The van der Waals surface area contributed by atoms with Crippen molar-refractivity contribution in [3.63, 3.8) is 0 Å². The van der Waals surface area contributed by atoms with Crippen LogP contribution in [-0.4, -0.2) is 59.8 Å². The highest BCUT2D eigenvalue weighted by molar-refractivity contribution is 5.92. The van der Waals surface area contributed by atoms with Gasteiger partial charge in [0.05, 0.1) is 12.6 Å².